The van der Waals surface area contributed by atoms with Crippen LogP contribution in [0.15, 0.2) is 0 Å². The quantitative estimate of drug-likeness (QED) is 0.614. The molecule has 0 unspecified atom stereocenters. The first kappa shape index (κ1) is 17.0. The number of carbonyl (C=O) groups excluding carboxylic acids is 1. The number of aliphatic hydroxyl groups excluding tert-OH is 1. The standard InChI is InChI=1S/C15H24O5/c1-5-6-7-12(18-11(2)17)8-9-13-14(10-16)20-15(3,4)19-13/h12-14,16H,5-7,10H2,1-4H3/t12-,13-,14-/m0/s1. The maximum absolute atomic E-state index is 11.1. The highest BCUT2D eigenvalue weighted by atomic mass is 16.8. The fraction of sp³-hybridized carbons (Fsp3) is 0.800. The largest absolute Gasteiger partial charge is 0.449 e. The lowest BCUT2D eigenvalue weighted by Gasteiger charge is -2.15. The van der Waals surface area contributed by atoms with Crippen LogP contribution in [0.2, 0.25) is 0 Å². The Morgan fingerprint density at radius 2 is 2.15 bits per heavy atom. The van der Waals surface area contributed by atoms with Gasteiger partial charge in [0.25, 0.3) is 0 Å². The summed E-state index contributed by atoms with van der Waals surface area (Å²) in [4.78, 5) is 11.1. The van der Waals surface area contributed by atoms with E-state index in [1.54, 1.807) is 13.8 Å². The summed E-state index contributed by atoms with van der Waals surface area (Å²) in [5.41, 5.74) is 0. The van der Waals surface area contributed by atoms with E-state index < -0.39 is 24.1 Å². The molecule has 3 atom stereocenters. The fourth-order valence-electron chi connectivity index (χ4n) is 2.02. The van der Waals surface area contributed by atoms with Crippen LogP contribution in [-0.4, -0.2) is 41.8 Å². The highest BCUT2D eigenvalue weighted by molar-refractivity contribution is 5.66. The maximum Gasteiger partial charge on any atom is 0.303 e. The van der Waals surface area contributed by atoms with Gasteiger partial charge in [-0.15, -0.1) is 0 Å². The number of esters is 1. The molecular formula is C15H24O5. The smallest absolute Gasteiger partial charge is 0.303 e. The van der Waals surface area contributed by atoms with Crippen molar-refractivity contribution in [3.8, 4) is 11.8 Å². The van der Waals surface area contributed by atoms with E-state index in [1.165, 1.54) is 6.92 Å². The van der Waals surface area contributed by atoms with Crippen LogP contribution >= 0.6 is 0 Å². The molecule has 1 N–H and O–H groups in total. The summed E-state index contributed by atoms with van der Waals surface area (Å²) in [5.74, 6) is 4.74. The van der Waals surface area contributed by atoms with Gasteiger partial charge in [0.1, 0.15) is 12.2 Å². The van der Waals surface area contributed by atoms with Gasteiger partial charge in [0.05, 0.1) is 6.61 Å². The van der Waals surface area contributed by atoms with Crippen molar-refractivity contribution in [1.29, 1.82) is 0 Å². The molecule has 1 rings (SSSR count). The summed E-state index contributed by atoms with van der Waals surface area (Å²) in [5, 5.41) is 9.26. The molecule has 0 spiro atoms. The second-order valence-corrected chi connectivity index (χ2v) is 5.31. The summed E-state index contributed by atoms with van der Waals surface area (Å²) in [7, 11) is 0. The van der Waals surface area contributed by atoms with Crippen molar-refractivity contribution in [2.75, 3.05) is 6.61 Å². The zero-order valence-electron chi connectivity index (χ0n) is 12.6. The van der Waals surface area contributed by atoms with E-state index in [-0.39, 0.29) is 12.6 Å². The van der Waals surface area contributed by atoms with E-state index in [2.05, 4.69) is 18.8 Å². The van der Waals surface area contributed by atoms with E-state index in [1.807, 2.05) is 0 Å². The van der Waals surface area contributed by atoms with Gasteiger partial charge in [-0.3, -0.25) is 4.79 Å². The molecule has 5 heteroatoms. The Labute approximate surface area is 120 Å². The molecule has 0 bridgehead atoms. The number of unbranched alkanes of at least 4 members (excludes halogenated alkanes) is 1. The predicted molar refractivity (Wildman–Crippen MR) is 73.8 cm³/mol. The van der Waals surface area contributed by atoms with Gasteiger partial charge in [-0.05, 0) is 26.7 Å². The number of hydrogen-bond donors (Lipinski definition) is 1. The summed E-state index contributed by atoms with van der Waals surface area (Å²) in [6, 6.07) is 0. The van der Waals surface area contributed by atoms with Crippen LogP contribution in [0.25, 0.3) is 0 Å². The Morgan fingerprint density at radius 1 is 1.45 bits per heavy atom. The Kier molecular flexibility index (Phi) is 6.47. The third-order valence-corrected chi connectivity index (χ3v) is 2.88. The number of rotatable bonds is 5. The van der Waals surface area contributed by atoms with Crippen LogP contribution in [0.3, 0.4) is 0 Å². The molecule has 0 amide bonds. The number of hydrogen-bond acceptors (Lipinski definition) is 5. The lowest BCUT2D eigenvalue weighted by molar-refractivity contribution is -0.146. The highest BCUT2D eigenvalue weighted by Crippen LogP contribution is 2.27. The maximum atomic E-state index is 11.1. The summed E-state index contributed by atoms with van der Waals surface area (Å²) in [6.07, 6.45) is 1.23. The monoisotopic (exact) mass is 284 g/mol. The van der Waals surface area contributed by atoms with Crippen molar-refractivity contribution in [1.82, 2.24) is 0 Å². The number of ether oxygens (including phenoxy) is 3. The van der Waals surface area contributed by atoms with Crippen LogP contribution < -0.4 is 0 Å². The zero-order chi connectivity index (χ0) is 15.2. The van der Waals surface area contributed by atoms with E-state index in [0.717, 1.165) is 12.8 Å². The van der Waals surface area contributed by atoms with E-state index >= 15 is 0 Å². The number of carbonyl (C=O) groups is 1. The second-order valence-electron chi connectivity index (χ2n) is 5.31. The van der Waals surface area contributed by atoms with Gasteiger partial charge in [-0.2, -0.15) is 0 Å². The highest BCUT2D eigenvalue weighted by Gasteiger charge is 2.40. The van der Waals surface area contributed by atoms with Crippen molar-refractivity contribution in [2.24, 2.45) is 0 Å². The molecule has 1 heterocycles. The first-order valence-electron chi connectivity index (χ1n) is 7.02. The SMILES string of the molecule is CCCC[C@@H](C#C[C@@H]1OC(C)(C)O[C@H]1CO)OC(C)=O. The molecule has 1 aliphatic heterocycles. The van der Waals surface area contributed by atoms with Gasteiger partial charge in [0.15, 0.2) is 11.9 Å². The minimum absolute atomic E-state index is 0.157. The summed E-state index contributed by atoms with van der Waals surface area (Å²) in [6.45, 7) is 6.83. The normalized spacial score (nSPS) is 25.6. The molecule has 1 aliphatic rings. The van der Waals surface area contributed by atoms with Crippen LogP contribution in [-0.2, 0) is 19.0 Å². The van der Waals surface area contributed by atoms with Gasteiger partial charge < -0.3 is 19.3 Å². The van der Waals surface area contributed by atoms with Gasteiger partial charge >= 0.3 is 5.97 Å². The minimum Gasteiger partial charge on any atom is -0.449 e. The zero-order valence-corrected chi connectivity index (χ0v) is 12.6. The molecule has 0 aliphatic carbocycles. The summed E-state index contributed by atoms with van der Waals surface area (Å²) < 4.78 is 16.3. The average molecular weight is 284 g/mol. The van der Waals surface area contributed by atoms with Gasteiger partial charge in [0, 0.05) is 6.92 Å². The van der Waals surface area contributed by atoms with Gasteiger partial charge in [-0.1, -0.05) is 25.2 Å². The molecule has 0 radical (unpaired) electrons. The van der Waals surface area contributed by atoms with Crippen molar-refractivity contribution in [3.05, 3.63) is 0 Å². The molecule has 0 aromatic heterocycles. The van der Waals surface area contributed by atoms with E-state index in [4.69, 9.17) is 14.2 Å². The average Bonchev–Trinajstić information content (AvgIpc) is 2.66. The van der Waals surface area contributed by atoms with E-state index in [0.29, 0.717) is 6.42 Å². The topological polar surface area (TPSA) is 65.0 Å². The Balaban J connectivity index is 2.69. The number of aliphatic hydroxyl groups is 1. The lowest BCUT2D eigenvalue weighted by Crippen LogP contribution is -2.25. The Morgan fingerprint density at radius 3 is 2.70 bits per heavy atom. The first-order valence-corrected chi connectivity index (χ1v) is 7.02. The molecule has 114 valence electrons. The van der Waals surface area contributed by atoms with Crippen molar-refractivity contribution < 1.29 is 24.1 Å². The Bertz CT molecular complexity index is 379. The van der Waals surface area contributed by atoms with Crippen LogP contribution in [0.5, 0.6) is 0 Å². The molecule has 1 fully saturated rings. The van der Waals surface area contributed by atoms with Crippen LogP contribution in [0.1, 0.15) is 47.0 Å². The molecule has 0 aromatic rings. The van der Waals surface area contributed by atoms with Gasteiger partial charge in [0.2, 0.25) is 0 Å². The van der Waals surface area contributed by atoms with Crippen molar-refractivity contribution in [2.45, 2.75) is 71.1 Å². The first-order chi connectivity index (χ1) is 9.38. The molecule has 1 saturated heterocycles. The van der Waals surface area contributed by atoms with Crippen LogP contribution in [0, 0.1) is 11.8 Å². The molecular weight excluding hydrogens is 260 g/mol. The van der Waals surface area contributed by atoms with Crippen molar-refractivity contribution >= 4 is 5.97 Å². The minimum atomic E-state index is -0.757. The van der Waals surface area contributed by atoms with Crippen molar-refractivity contribution in [3.63, 3.8) is 0 Å². The van der Waals surface area contributed by atoms with Gasteiger partial charge in [-0.25, -0.2) is 0 Å². The molecule has 0 aromatic carbocycles. The second kappa shape index (κ2) is 7.63. The molecule has 5 nitrogen and oxygen atoms in total. The van der Waals surface area contributed by atoms with Crippen LogP contribution in [0.4, 0.5) is 0 Å². The fourth-order valence-corrected chi connectivity index (χ4v) is 2.02. The molecule has 20 heavy (non-hydrogen) atoms. The Hall–Kier alpha value is -1.09. The third kappa shape index (κ3) is 5.49. The lowest BCUT2D eigenvalue weighted by atomic mass is 10.1. The van der Waals surface area contributed by atoms with E-state index in [9.17, 15) is 9.90 Å². The molecule has 0 saturated carbocycles. The summed E-state index contributed by atoms with van der Waals surface area (Å²) >= 11 is 0. The predicted octanol–water partition coefficient (Wildman–Crippen LogP) is 1.62. The third-order valence-electron chi connectivity index (χ3n) is 2.88.